The number of nitro groups is 1. The van der Waals surface area contributed by atoms with Crippen molar-refractivity contribution >= 4 is 23.2 Å². The molecule has 1 heterocycles. The number of nitro benzene ring substituents is 1. The average molecular weight is 457 g/mol. The monoisotopic (exact) mass is 456 g/mol. The average Bonchev–Trinajstić information content (AvgIpc) is 3.19. The molecule has 9 heteroatoms. The molecule has 0 aliphatic rings. The van der Waals surface area contributed by atoms with Gasteiger partial charge in [-0.05, 0) is 49.6 Å². The molecule has 1 aromatic heterocycles. The highest BCUT2D eigenvalue weighted by molar-refractivity contribution is 6.30. The molecular weight excluding hydrogens is 432 g/mol. The summed E-state index contributed by atoms with van der Waals surface area (Å²) in [6, 6.07) is 11.4. The fourth-order valence-corrected chi connectivity index (χ4v) is 3.40. The van der Waals surface area contributed by atoms with Gasteiger partial charge < -0.3 is 9.32 Å². The van der Waals surface area contributed by atoms with E-state index in [1.165, 1.54) is 11.0 Å². The van der Waals surface area contributed by atoms with Crippen LogP contribution < -0.4 is 0 Å². The molecule has 0 aliphatic carbocycles. The number of carbonyl (C=O) groups excluding carboxylic acids is 1. The summed E-state index contributed by atoms with van der Waals surface area (Å²) in [6.45, 7) is 9.46. The Kier molecular flexibility index (Phi) is 6.64. The van der Waals surface area contributed by atoms with Crippen LogP contribution in [0.4, 0.5) is 5.69 Å². The Morgan fingerprint density at radius 1 is 1.16 bits per heavy atom. The van der Waals surface area contributed by atoms with Gasteiger partial charge in [0.2, 0.25) is 11.8 Å². The normalized spacial score (nSPS) is 11.6. The van der Waals surface area contributed by atoms with Crippen LogP contribution in [-0.4, -0.2) is 32.0 Å². The SMILES string of the molecule is CC(C)N(Cc1nnc(-c2ccc(Cl)cc2)o1)C(=O)c1ccc(C(C)(C)C)c([N+](=O)[O-])c1. The molecule has 3 aromatic rings. The van der Waals surface area contributed by atoms with Crippen molar-refractivity contribution in [3.05, 3.63) is 74.6 Å². The van der Waals surface area contributed by atoms with Gasteiger partial charge in [0.15, 0.2) is 0 Å². The maximum atomic E-state index is 13.2. The molecule has 0 aliphatic heterocycles. The Labute approximate surface area is 191 Å². The van der Waals surface area contributed by atoms with E-state index >= 15 is 0 Å². The van der Waals surface area contributed by atoms with Gasteiger partial charge in [-0.15, -0.1) is 10.2 Å². The zero-order valence-corrected chi connectivity index (χ0v) is 19.4. The lowest BCUT2D eigenvalue weighted by Gasteiger charge is -2.26. The Balaban J connectivity index is 1.88. The summed E-state index contributed by atoms with van der Waals surface area (Å²) in [5.41, 5.74) is 1.01. The number of carbonyl (C=O) groups is 1. The predicted octanol–water partition coefficient (Wildman–Crippen LogP) is 5.65. The minimum absolute atomic E-state index is 0.0742. The number of halogens is 1. The molecule has 0 radical (unpaired) electrons. The first-order valence-electron chi connectivity index (χ1n) is 10.2. The van der Waals surface area contributed by atoms with E-state index in [-0.39, 0.29) is 35.6 Å². The quantitative estimate of drug-likeness (QED) is 0.351. The smallest absolute Gasteiger partial charge is 0.273 e. The number of aromatic nitrogens is 2. The second kappa shape index (κ2) is 9.08. The highest BCUT2D eigenvalue weighted by atomic mass is 35.5. The van der Waals surface area contributed by atoms with E-state index in [1.807, 2.05) is 34.6 Å². The molecule has 0 unspecified atom stereocenters. The summed E-state index contributed by atoms with van der Waals surface area (Å²) in [4.78, 5) is 26.0. The molecule has 168 valence electrons. The largest absolute Gasteiger partial charge is 0.419 e. The molecule has 0 saturated heterocycles. The molecule has 3 rings (SSSR count). The van der Waals surface area contributed by atoms with E-state index in [2.05, 4.69) is 10.2 Å². The highest BCUT2D eigenvalue weighted by Crippen LogP contribution is 2.32. The molecule has 32 heavy (non-hydrogen) atoms. The predicted molar refractivity (Wildman–Crippen MR) is 122 cm³/mol. The molecular formula is C23H25ClN4O4. The maximum absolute atomic E-state index is 13.2. The van der Waals surface area contributed by atoms with Crippen LogP contribution in [-0.2, 0) is 12.0 Å². The van der Waals surface area contributed by atoms with Crippen molar-refractivity contribution in [1.29, 1.82) is 0 Å². The molecule has 0 N–H and O–H groups in total. The minimum Gasteiger partial charge on any atom is -0.419 e. The summed E-state index contributed by atoms with van der Waals surface area (Å²) in [7, 11) is 0. The molecule has 0 atom stereocenters. The second-order valence-corrected chi connectivity index (χ2v) is 9.21. The summed E-state index contributed by atoms with van der Waals surface area (Å²) < 4.78 is 5.73. The van der Waals surface area contributed by atoms with Crippen LogP contribution >= 0.6 is 11.6 Å². The van der Waals surface area contributed by atoms with Gasteiger partial charge in [-0.3, -0.25) is 14.9 Å². The van der Waals surface area contributed by atoms with Crippen LogP contribution in [0.1, 0.15) is 56.4 Å². The van der Waals surface area contributed by atoms with Crippen molar-refractivity contribution in [3.8, 4) is 11.5 Å². The zero-order chi connectivity index (χ0) is 23.6. The Hall–Kier alpha value is -3.26. The lowest BCUT2D eigenvalue weighted by atomic mass is 9.85. The van der Waals surface area contributed by atoms with Crippen LogP contribution in [0.5, 0.6) is 0 Å². The fourth-order valence-electron chi connectivity index (χ4n) is 3.28. The molecule has 1 amide bonds. The molecule has 8 nitrogen and oxygen atoms in total. The van der Waals surface area contributed by atoms with Crippen LogP contribution in [0, 0.1) is 10.1 Å². The molecule has 2 aromatic carbocycles. The van der Waals surface area contributed by atoms with Gasteiger partial charge in [0.05, 0.1) is 11.5 Å². The maximum Gasteiger partial charge on any atom is 0.273 e. The van der Waals surface area contributed by atoms with Gasteiger partial charge in [0.1, 0.15) is 0 Å². The van der Waals surface area contributed by atoms with Crippen LogP contribution in [0.15, 0.2) is 46.9 Å². The fraction of sp³-hybridized carbons (Fsp3) is 0.348. The number of hydrogen-bond donors (Lipinski definition) is 0. The van der Waals surface area contributed by atoms with Crippen LogP contribution in [0.25, 0.3) is 11.5 Å². The topological polar surface area (TPSA) is 102 Å². The highest BCUT2D eigenvalue weighted by Gasteiger charge is 2.28. The molecule has 0 fully saturated rings. The molecule has 0 spiro atoms. The Morgan fingerprint density at radius 2 is 1.81 bits per heavy atom. The van der Waals surface area contributed by atoms with E-state index in [4.69, 9.17) is 16.0 Å². The molecule has 0 saturated carbocycles. The first kappa shape index (κ1) is 23.4. The van der Waals surface area contributed by atoms with E-state index in [9.17, 15) is 14.9 Å². The van der Waals surface area contributed by atoms with E-state index in [0.29, 0.717) is 22.0 Å². The van der Waals surface area contributed by atoms with Crippen LogP contribution in [0.3, 0.4) is 0 Å². The van der Waals surface area contributed by atoms with Crippen molar-refractivity contribution in [2.75, 3.05) is 0 Å². The standard InChI is InChI=1S/C23H25ClN4O4/c1-14(2)27(13-20-25-26-21(32-20)15-6-9-17(24)10-7-15)22(29)16-8-11-18(23(3,4)5)19(12-16)28(30)31/h6-12,14H,13H2,1-5H3. The van der Waals surface area contributed by atoms with Gasteiger partial charge in [0, 0.05) is 33.8 Å². The number of nitrogens with zero attached hydrogens (tertiary/aromatic N) is 4. The third kappa shape index (κ3) is 5.13. The number of rotatable bonds is 6. The first-order valence-corrected chi connectivity index (χ1v) is 10.5. The van der Waals surface area contributed by atoms with Crippen molar-refractivity contribution in [2.45, 2.75) is 52.6 Å². The number of benzene rings is 2. The van der Waals surface area contributed by atoms with Crippen molar-refractivity contribution in [1.82, 2.24) is 15.1 Å². The summed E-state index contributed by atoms with van der Waals surface area (Å²) in [5, 5.41) is 20.3. The third-order valence-electron chi connectivity index (χ3n) is 5.00. The Morgan fingerprint density at radius 3 is 2.38 bits per heavy atom. The zero-order valence-electron chi connectivity index (χ0n) is 18.6. The third-order valence-corrected chi connectivity index (χ3v) is 5.25. The van der Waals surface area contributed by atoms with Gasteiger partial charge in [-0.2, -0.15) is 0 Å². The van der Waals surface area contributed by atoms with Gasteiger partial charge in [-0.1, -0.05) is 38.4 Å². The van der Waals surface area contributed by atoms with E-state index in [0.717, 1.165) is 0 Å². The van der Waals surface area contributed by atoms with Gasteiger partial charge in [-0.25, -0.2) is 0 Å². The lowest BCUT2D eigenvalue weighted by molar-refractivity contribution is -0.386. The van der Waals surface area contributed by atoms with E-state index < -0.39 is 10.3 Å². The number of amides is 1. The second-order valence-electron chi connectivity index (χ2n) is 8.77. The van der Waals surface area contributed by atoms with Gasteiger partial charge >= 0.3 is 0 Å². The minimum atomic E-state index is -0.451. The first-order chi connectivity index (χ1) is 15.0. The van der Waals surface area contributed by atoms with Crippen molar-refractivity contribution in [3.63, 3.8) is 0 Å². The van der Waals surface area contributed by atoms with Crippen molar-refractivity contribution in [2.24, 2.45) is 0 Å². The van der Waals surface area contributed by atoms with Crippen molar-refractivity contribution < 1.29 is 14.1 Å². The molecule has 0 bridgehead atoms. The van der Waals surface area contributed by atoms with Gasteiger partial charge in [0.25, 0.3) is 11.6 Å². The Bertz CT molecular complexity index is 1130. The summed E-state index contributed by atoms with van der Waals surface area (Å²) in [6.07, 6.45) is 0. The number of hydrogen-bond acceptors (Lipinski definition) is 6. The lowest BCUT2D eigenvalue weighted by Crippen LogP contribution is -2.36. The van der Waals surface area contributed by atoms with Crippen LogP contribution in [0.2, 0.25) is 5.02 Å². The summed E-state index contributed by atoms with van der Waals surface area (Å²) >= 11 is 5.91. The van der Waals surface area contributed by atoms with E-state index in [1.54, 1.807) is 36.4 Å². The summed E-state index contributed by atoms with van der Waals surface area (Å²) in [5.74, 6) is 0.227.